The predicted molar refractivity (Wildman–Crippen MR) is 275 cm³/mol. The maximum Gasteiger partial charge on any atom is 0.235 e. The maximum atomic E-state index is 5.53. The monoisotopic (exact) mass is 835 g/mol. The Hall–Kier alpha value is -7.92. The van der Waals surface area contributed by atoms with E-state index in [4.69, 9.17) is 9.97 Å². The van der Waals surface area contributed by atoms with E-state index in [9.17, 15) is 0 Å². The van der Waals surface area contributed by atoms with Gasteiger partial charge in [-0.15, -0.1) is 11.3 Å². The third-order valence-electron chi connectivity index (χ3n) is 12.6. The van der Waals surface area contributed by atoms with Crippen LogP contribution in [0, 0.1) is 0 Å². The zero-order chi connectivity index (χ0) is 42.7. The SMILES string of the molecule is CC.c1ccc(-c2nc(-n3c4c(-c5cccc(-c6cccc(-c7cccc8c7sc7ccccc78)c6)c5)cccc4c4c5ccccc5c5ccccc5c43)nc3ccccc23)cc1. The van der Waals surface area contributed by atoms with E-state index < -0.39 is 0 Å². The molecule has 3 aromatic heterocycles. The van der Waals surface area contributed by atoms with Crippen LogP contribution in [0.5, 0.6) is 0 Å². The van der Waals surface area contributed by atoms with Gasteiger partial charge in [-0.1, -0.05) is 202 Å². The highest BCUT2D eigenvalue weighted by atomic mass is 32.1. The lowest BCUT2D eigenvalue weighted by Gasteiger charge is -2.15. The molecule has 0 saturated heterocycles. The smallest absolute Gasteiger partial charge is 0.235 e. The van der Waals surface area contributed by atoms with Crippen molar-refractivity contribution in [2.75, 3.05) is 0 Å². The average molecular weight is 836 g/mol. The molecule has 13 aromatic rings. The Kier molecular flexibility index (Phi) is 9.13. The van der Waals surface area contributed by atoms with Crippen LogP contribution in [0.25, 0.3) is 125 Å². The van der Waals surface area contributed by atoms with E-state index in [1.807, 2.05) is 25.2 Å². The largest absolute Gasteiger partial charge is 0.277 e. The van der Waals surface area contributed by atoms with Crippen molar-refractivity contribution >= 4 is 85.8 Å². The van der Waals surface area contributed by atoms with Crippen molar-refractivity contribution in [2.45, 2.75) is 13.8 Å². The molecule has 13 rings (SSSR count). The first-order valence-electron chi connectivity index (χ1n) is 22.1. The summed E-state index contributed by atoms with van der Waals surface area (Å²) in [5.74, 6) is 0.648. The predicted octanol–water partition coefficient (Wildman–Crippen LogP) is 17.1. The zero-order valence-corrected chi connectivity index (χ0v) is 36.3. The number of hydrogen-bond acceptors (Lipinski definition) is 3. The highest BCUT2D eigenvalue weighted by Gasteiger charge is 2.24. The molecule has 302 valence electrons. The van der Waals surface area contributed by atoms with Gasteiger partial charge in [0.2, 0.25) is 5.95 Å². The summed E-state index contributed by atoms with van der Waals surface area (Å²) in [7, 11) is 0. The highest BCUT2D eigenvalue weighted by molar-refractivity contribution is 7.26. The van der Waals surface area contributed by atoms with Gasteiger partial charge in [0.1, 0.15) is 0 Å². The van der Waals surface area contributed by atoms with E-state index in [1.54, 1.807) is 0 Å². The van der Waals surface area contributed by atoms with E-state index in [-0.39, 0.29) is 0 Å². The molecule has 3 heterocycles. The van der Waals surface area contributed by atoms with E-state index in [1.165, 1.54) is 69.2 Å². The number of benzene rings is 10. The summed E-state index contributed by atoms with van der Waals surface area (Å²) in [5, 5.41) is 10.8. The highest BCUT2D eigenvalue weighted by Crippen LogP contribution is 2.46. The summed E-state index contributed by atoms with van der Waals surface area (Å²) in [6, 6.07) is 76.7. The molecule has 64 heavy (non-hydrogen) atoms. The van der Waals surface area contributed by atoms with Crippen molar-refractivity contribution in [2.24, 2.45) is 0 Å². The zero-order valence-electron chi connectivity index (χ0n) is 35.5. The van der Waals surface area contributed by atoms with Crippen LogP contribution >= 0.6 is 11.3 Å². The molecule has 4 heteroatoms. The van der Waals surface area contributed by atoms with Crippen molar-refractivity contribution in [1.82, 2.24) is 14.5 Å². The average Bonchev–Trinajstić information content (AvgIpc) is 3.94. The molecule has 0 radical (unpaired) electrons. The molecule has 0 atom stereocenters. The van der Waals surface area contributed by atoms with Crippen LogP contribution in [0.3, 0.4) is 0 Å². The normalized spacial score (nSPS) is 11.6. The minimum Gasteiger partial charge on any atom is -0.277 e. The molecular formula is C60H41N3S. The molecule has 0 bridgehead atoms. The number of aromatic nitrogens is 3. The Morgan fingerprint density at radius 2 is 0.875 bits per heavy atom. The van der Waals surface area contributed by atoms with Crippen LogP contribution in [0.15, 0.2) is 212 Å². The Labute approximate surface area is 375 Å². The summed E-state index contributed by atoms with van der Waals surface area (Å²) >= 11 is 1.88. The lowest BCUT2D eigenvalue weighted by molar-refractivity contribution is 1.02. The summed E-state index contributed by atoms with van der Waals surface area (Å²) < 4.78 is 4.99. The number of thiophene rings is 1. The molecule has 0 aliphatic carbocycles. The van der Waals surface area contributed by atoms with Crippen LogP contribution < -0.4 is 0 Å². The minimum atomic E-state index is 0.648. The molecule has 0 spiro atoms. The summed E-state index contributed by atoms with van der Waals surface area (Å²) in [6.45, 7) is 4.00. The van der Waals surface area contributed by atoms with Gasteiger partial charge in [0.25, 0.3) is 0 Å². The quantitative estimate of drug-likeness (QED) is 0.162. The van der Waals surface area contributed by atoms with Crippen LogP contribution in [0.2, 0.25) is 0 Å². The van der Waals surface area contributed by atoms with E-state index in [2.05, 4.69) is 217 Å². The van der Waals surface area contributed by atoms with Crippen LogP contribution in [0.1, 0.15) is 13.8 Å². The number of hydrogen-bond donors (Lipinski definition) is 0. The lowest BCUT2D eigenvalue weighted by Crippen LogP contribution is -2.04. The molecule has 0 aliphatic heterocycles. The van der Waals surface area contributed by atoms with Gasteiger partial charge in [-0.05, 0) is 68.2 Å². The molecule has 0 amide bonds. The Morgan fingerprint density at radius 3 is 1.62 bits per heavy atom. The molecule has 0 saturated carbocycles. The fourth-order valence-electron chi connectivity index (χ4n) is 9.85. The summed E-state index contributed by atoms with van der Waals surface area (Å²) in [4.78, 5) is 10.9. The number of rotatable bonds is 5. The van der Waals surface area contributed by atoms with Gasteiger partial charge in [-0.2, -0.15) is 0 Å². The van der Waals surface area contributed by atoms with Gasteiger partial charge >= 0.3 is 0 Å². The molecule has 10 aromatic carbocycles. The van der Waals surface area contributed by atoms with E-state index >= 15 is 0 Å². The van der Waals surface area contributed by atoms with E-state index in [0.29, 0.717) is 5.95 Å². The first kappa shape index (κ1) is 37.8. The van der Waals surface area contributed by atoms with Gasteiger partial charge in [-0.3, -0.25) is 4.57 Å². The fourth-order valence-corrected chi connectivity index (χ4v) is 11.1. The molecular weight excluding hydrogens is 795 g/mol. The maximum absolute atomic E-state index is 5.53. The second-order valence-electron chi connectivity index (χ2n) is 16.0. The van der Waals surface area contributed by atoms with Gasteiger partial charge in [0.05, 0.1) is 22.2 Å². The standard InChI is InChI=1S/C58H35N3S.C2H6/c1-2-16-36(17-3-1)54-49-27-8-10-32-51(49)59-58(60-54)61-55-41(28-14-31-50(55)53-46-25-6-4-22-43(46)44-23-5-7-26-47(44)56(53)61)39-20-12-18-37(34-39)38-19-13-21-40(35-38)42-29-15-30-48-45-24-9-11-33-52(45)62-57(42)48;1-2/h1-35H;1-2H3. The van der Waals surface area contributed by atoms with Gasteiger partial charge in [-0.25, -0.2) is 9.97 Å². The fraction of sp³-hybridized carbons (Fsp3) is 0.0333. The van der Waals surface area contributed by atoms with Crippen LogP contribution in [-0.2, 0) is 0 Å². The summed E-state index contributed by atoms with van der Waals surface area (Å²) in [5.41, 5.74) is 12.1. The Balaban J connectivity index is 0.00000214. The van der Waals surface area contributed by atoms with Crippen molar-refractivity contribution in [3.05, 3.63) is 212 Å². The second-order valence-corrected chi connectivity index (χ2v) is 17.1. The number of para-hydroxylation sites is 2. The van der Waals surface area contributed by atoms with Crippen molar-refractivity contribution in [1.29, 1.82) is 0 Å². The first-order valence-corrected chi connectivity index (χ1v) is 22.9. The minimum absolute atomic E-state index is 0.648. The van der Waals surface area contributed by atoms with Crippen molar-refractivity contribution < 1.29 is 0 Å². The number of fused-ring (bicyclic) bond motifs is 12. The third kappa shape index (κ3) is 5.95. The van der Waals surface area contributed by atoms with Crippen LogP contribution in [-0.4, -0.2) is 14.5 Å². The van der Waals surface area contributed by atoms with Gasteiger partial charge in [0.15, 0.2) is 0 Å². The van der Waals surface area contributed by atoms with Gasteiger partial charge < -0.3 is 0 Å². The first-order chi connectivity index (χ1) is 31.8. The summed E-state index contributed by atoms with van der Waals surface area (Å²) in [6.07, 6.45) is 0. The molecule has 0 aliphatic rings. The topological polar surface area (TPSA) is 30.7 Å². The van der Waals surface area contributed by atoms with Crippen molar-refractivity contribution in [3.63, 3.8) is 0 Å². The Morgan fingerprint density at radius 1 is 0.359 bits per heavy atom. The lowest BCUT2D eigenvalue weighted by atomic mass is 9.94. The molecule has 0 unspecified atom stereocenters. The molecule has 0 fully saturated rings. The molecule has 0 N–H and O–H groups in total. The van der Waals surface area contributed by atoms with E-state index in [0.717, 1.165) is 49.9 Å². The second kappa shape index (κ2) is 15.5. The van der Waals surface area contributed by atoms with Crippen molar-refractivity contribution in [3.8, 4) is 50.6 Å². The number of nitrogens with zero attached hydrogens (tertiary/aromatic N) is 3. The Bertz CT molecular complexity index is 3930. The third-order valence-corrected chi connectivity index (χ3v) is 13.8. The van der Waals surface area contributed by atoms with Crippen LogP contribution in [0.4, 0.5) is 0 Å². The van der Waals surface area contributed by atoms with Gasteiger partial charge in [0, 0.05) is 52.8 Å². The molecule has 3 nitrogen and oxygen atoms in total.